The van der Waals surface area contributed by atoms with Crippen LogP contribution in [-0.4, -0.2) is 36.2 Å². The van der Waals surface area contributed by atoms with E-state index in [1.165, 1.54) is 6.21 Å². The van der Waals surface area contributed by atoms with Crippen molar-refractivity contribution >= 4 is 41.4 Å². The fraction of sp³-hybridized carbons (Fsp3) is 0.258. The fourth-order valence-corrected chi connectivity index (χ4v) is 4.10. The van der Waals surface area contributed by atoms with Crippen molar-refractivity contribution in [2.75, 3.05) is 18.0 Å². The number of hydrogen-bond donors (Lipinski definition) is 3. The van der Waals surface area contributed by atoms with Crippen molar-refractivity contribution in [1.82, 2.24) is 10.7 Å². The Hall–Kier alpha value is -4.10. The van der Waals surface area contributed by atoms with Crippen molar-refractivity contribution in [2.24, 2.45) is 5.10 Å². The van der Waals surface area contributed by atoms with E-state index in [4.69, 9.17) is 11.6 Å². The summed E-state index contributed by atoms with van der Waals surface area (Å²) < 4.78 is 0. The first kappa shape index (κ1) is 29.5. The summed E-state index contributed by atoms with van der Waals surface area (Å²) in [5, 5.41) is 17.2. The highest BCUT2D eigenvalue weighted by Crippen LogP contribution is 2.26. The molecule has 0 heterocycles. The number of carbonyl (C=O) groups excluding carboxylic acids is 2. The highest BCUT2D eigenvalue weighted by atomic mass is 35.5. The Morgan fingerprint density at radius 1 is 1.00 bits per heavy atom. The van der Waals surface area contributed by atoms with Crippen LogP contribution in [0.2, 0.25) is 5.02 Å². The van der Waals surface area contributed by atoms with Crippen LogP contribution in [0.3, 0.4) is 0 Å². The van der Waals surface area contributed by atoms with Gasteiger partial charge in [-0.3, -0.25) is 9.59 Å². The summed E-state index contributed by atoms with van der Waals surface area (Å²) in [4.78, 5) is 28.3. The summed E-state index contributed by atoms with van der Waals surface area (Å²) in [6.07, 6.45) is 2.94. The molecule has 0 aromatic heterocycles. The third-order valence-corrected chi connectivity index (χ3v) is 6.54. The van der Waals surface area contributed by atoms with Crippen LogP contribution in [0.15, 0.2) is 77.5 Å². The maximum absolute atomic E-state index is 13.2. The molecule has 204 valence electrons. The first-order chi connectivity index (χ1) is 18.5. The van der Waals surface area contributed by atoms with E-state index in [0.29, 0.717) is 5.56 Å². The summed E-state index contributed by atoms with van der Waals surface area (Å²) in [5.74, 6) is -1.12. The van der Waals surface area contributed by atoms with Gasteiger partial charge in [-0.25, -0.2) is 5.43 Å². The zero-order chi connectivity index (χ0) is 28.6. The van der Waals surface area contributed by atoms with Crippen LogP contribution >= 0.6 is 11.6 Å². The number of benzene rings is 3. The number of nitrogens with one attached hydrogen (secondary N) is 2. The third kappa shape index (κ3) is 7.94. The second-order valence-electron chi connectivity index (χ2n) is 9.98. The topological polar surface area (TPSA) is 94.0 Å². The Labute approximate surface area is 235 Å². The lowest BCUT2D eigenvalue weighted by Gasteiger charge is -2.21. The van der Waals surface area contributed by atoms with Gasteiger partial charge in [-0.1, -0.05) is 62.7 Å². The van der Waals surface area contributed by atoms with Crippen LogP contribution in [0.5, 0.6) is 5.75 Å². The van der Waals surface area contributed by atoms with Gasteiger partial charge in [-0.05, 0) is 72.9 Å². The smallest absolute Gasteiger partial charge is 0.287 e. The molecule has 3 N–H and O–H groups in total. The zero-order valence-electron chi connectivity index (χ0n) is 23.0. The maximum atomic E-state index is 13.2. The Kier molecular flexibility index (Phi) is 9.90. The number of aromatic hydroxyl groups is 1. The van der Waals surface area contributed by atoms with Crippen LogP contribution in [-0.2, 0) is 10.2 Å². The molecule has 0 fully saturated rings. The van der Waals surface area contributed by atoms with Gasteiger partial charge in [-0.15, -0.1) is 0 Å². The van der Waals surface area contributed by atoms with Crippen LogP contribution < -0.4 is 15.6 Å². The SMILES string of the molecule is CCN(CC)c1ccc(C=C(NC(=O)c2ccccc2Cl)C(=O)NN=Cc2cc(C(C)(C)C)ccc2O)cc1. The van der Waals surface area contributed by atoms with Gasteiger partial charge in [-0.2, -0.15) is 5.10 Å². The van der Waals surface area contributed by atoms with Gasteiger partial charge in [0.05, 0.1) is 16.8 Å². The first-order valence-electron chi connectivity index (χ1n) is 12.8. The fourth-order valence-electron chi connectivity index (χ4n) is 3.88. The van der Waals surface area contributed by atoms with E-state index in [2.05, 4.69) is 55.4 Å². The molecule has 0 saturated carbocycles. The van der Waals surface area contributed by atoms with E-state index in [0.717, 1.165) is 29.9 Å². The Balaban J connectivity index is 1.88. The number of rotatable bonds is 9. The van der Waals surface area contributed by atoms with Gasteiger partial charge >= 0.3 is 0 Å². The number of phenolic OH excluding ortho intramolecular Hbond substituents is 1. The van der Waals surface area contributed by atoms with Gasteiger partial charge in [0.15, 0.2) is 0 Å². The van der Waals surface area contributed by atoms with E-state index >= 15 is 0 Å². The third-order valence-electron chi connectivity index (χ3n) is 6.21. The number of halogens is 1. The molecule has 0 bridgehead atoms. The van der Waals surface area contributed by atoms with Gasteiger partial charge in [0.25, 0.3) is 11.8 Å². The number of amides is 2. The molecule has 0 unspecified atom stereocenters. The first-order valence-corrected chi connectivity index (χ1v) is 13.2. The minimum Gasteiger partial charge on any atom is -0.507 e. The predicted molar refractivity (Wildman–Crippen MR) is 159 cm³/mol. The summed E-state index contributed by atoms with van der Waals surface area (Å²) >= 11 is 6.20. The summed E-state index contributed by atoms with van der Waals surface area (Å²) in [6.45, 7) is 12.1. The van der Waals surface area contributed by atoms with Crippen LogP contribution in [0.25, 0.3) is 6.08 Å². The summed E-state index contributed by atoms with van der Waals surface area (Å²) in [5.41, 5.74) is 5.79. The normalized spacial score (nSPS) is 11.9. The highest BCUT2D eigenvalue weighted by molar-refractivity contribution is 6.34. The monoisotopic (exact) mass is 546 g/mol. The summed E-state index contributed by atoms with van der Waals surface area (Å²) in [7, 11) is 0. The van der Waals surface area contributed by atoms with Crippen molar-refractivity contribution in [3.05, 3.63) is 99.7 Å². The lowest BCUT2D eigenvalue weighted by molar-refractivity contribution is -0.117. The minimum absolute atomic E-state index is 0.0136. The number of phenols is 1. The molecule has 3 rings (SSSR count). The number of hydrazone groups is 1. The molecule has 0 spiro atoms. The largest absolute Gasteiger partial charge is 0.507 e. The molecule has 0 saturated heterocycles. The standard InChI is InChI=1S/C31H35ClN4O3/c1-6-36(7-2)24-15-12-21(13-16-24)18-27(34-29(38)25-10-8-9-11-26(25)32)30(39)35-33-20-22-19-23(31(3,4)5)14-17-28(22)37/h8-20,37H,6-7H2,1-5H3,(H,34,38)(H,35,39). The average molecular weight is 547 g/mol. The van der Waals surface area contributed by atoms with Gasteiger partial charge in [0.1, 0.15) is 11.4 Å². The highest BCUT2D eigenvalue weighted by Gasteiger charge is 2.17. The quantitative estimate of drug-likeness (QED) is 0.171. The van der Waals surface area contributed by atoms with Crippen LogP contribution in [0.1, 0.15) is 61.7 Å². The van der Waals surface area contributed by atoms with Crippen molar-refractivity contribution in [3.63, 3.8) is 0 Å². The second kappa shape index (κ2) is 13.1. The molecular formula is C31H35ClN4O3. The lowest BCUT2D eigenvalue weighted by atomic mass is 9.86. The van der Waals surface area contributed by atoms with Crippen molar-refractivity contribution in [1.29, 1.82) is 0 Å². The maximum Gasteiger partial charge on any atom is 0.287 e. The van der Waals surface area contributed by atoms with Gasteiger partial charge in [0, 0.05) is 24.3 Å². The van der Waals surface area contributed by atoms with Gasteiger partial charge in [0.2, 0.25) is 0 Å². The molecule has 3 aromatic rings. The van der Waals surface area contributed by atoms with Crippen molar-refractivity contribution in [2.45, 2.75) is 40.0 Å². The molecule has 0 aliphatic carbocycles. The Morgan fingerprint density at radius 3 is 2.28 bits per heavy atom. The molecule has 0 atom stereocenters. The molecule has 8 heteroatoms. The molecule has 3 aromatic carbocycles. The van der Waals surface area contributed by atoms with E-state index in [1.54, 1.807) is 36.4 Å². The van der Waals surface area contributed by atoms with E-state index < -0.39 is 11.8 Å². The average Bonchev–Trinajstić information content (AvgIpc) is 2.90. The van der Waals surface area contributed by atoms with Crippen LogP contribution in [0.4, 0.5) is 5.69 Å². The van der Waals surface area contributed by atoms with E-state index in [-0.39, 0.29) is 27.4 Å². The number of carbonyl (C=O) groups is 2. The number of nitrogens with zero attached hydrogens (tertiary/aromatic N) is 2. The summed E-state index contributed by atoms with van der Waals surface area (Å²) in [6, 6.07) is 19.5. The molecule has 0 radical (unpaired) electrons. The molecule has 7 nitrogen and oxygen atoms in total. The van der Waals surface area contributed by atoms with Crippen molar-refractivity contribution in [3.8, 4) is 5.75 Å². The molecular weight excluding hydrogens is 512 g/mol. The number of anilines is 1. The van der Waals surface area contributed by atoms with Crippen molar-refractivity contribution < 1.29 is 14.7 Å². The van der Waals surface area contributed by atoms with E-state index in [9.17, 15) is 14.7 Å². The predicted octanol–water partition coefficient (Wildman–Crippen LogP) is 6.11. The minimum atomic E-state index is -0.633. The Bertz CT molecular complexity index is 1370. The molecule has 0 aliphatic heterocycles. The van der Waals surface area contributed by atoms with E-state index in [1.807, 2.05) is 36.4 Å². The Morgan fingerprint density at radius 2 is 1.67 bits per heavy atom. The van der Waals surface area contributed by atoms with Gasteiger partial charge < -0.3 is 15.3 Å². The lowest BCUT2D eigenvalue weighted by Crippen LogP contribution is -2.33. The second-order valence-corrected chi connectivity index (χ2v) is 10.4. The molecule has 39 heavy (non-hydrogen) atoms. The zero-order valence-corrected chi connectivity index (χ0v) is 23.7. The van der Waals surface area contributed by atoms with Crippen LogP contribution in [0, 0.1) is 0 Å². The number of hydrogen-bond acceptors (Lipinski definition) is 5. The molecule has 0 aliphatic rings. The molecule has 2 amide bonds.